The maximum absolute atomic E-state index is 12.6. The Balaban J connectivity index is 0.000000190. The Bertz CT molecular complexity index is 3980. The van der Waals surface area contributed by atoms with E-state index in [0.717, 1.165) is 11.8 Å². The summed E-state index contributed by atoms with van der Waals surface area (Å²) in [6.45, 7) is 17.8. The van der Waals surface area contributed by atoms with Gasteiger partial charge in [0.1, 0.15) is 33.8 Å². The van der Waals surface area contributed by atoms with Gasteiger partial charge in [0.15, 0.2) is 16.9 Å². The molecule has 9 rings (SSSR count). The van der Waals surface area contributed by atoms with Gasteiger partial charge >= 0.3 is 19.3 Å². The van der Waals surface area contributed by atoms with Gasteiger partial charge in [-0.1, -0.05) is 67.0 Å². The summed E-state index contributed by atoms with van der Waals surface area (Å²) >= 11 is 6.01. The summed E-state index contributed by atoms with van der Waals surface area (Å²) in [4.78, 5) is 64.3. The van der Waals surface area contributed by atoms with Crippen LogP contribution in [-0.4, -0.2) is 91.4 Å². The van der Waals surface area contributed by atoms with E-state index >= 15 is 0 Å². The number of ether oxygens (including phenoxy) is 3. The highest BCUT2D eigenvalue weighted by Crippen LogP contribution is 2.35. The van der Waals surface area contributed by atoms with Gasteiger partial charge in [-0.25, -0.2) is 29.9 Å². The van der Waals surface area contributed by atoms with E-state index in [0.29, 0.717) is 87.2 Å². The van der Waals surface area contributed by atoms with Gasteiger partial charge in [-0.05, 0) is 148 Å². The van der Waals surface area contributed by atoms with Gasteiger partial charge in [0.05, 0.1) is 34.1 Å². The minimum atomic E-state index is -4.86. The summed E-state index contributed by atoms with van der Waals surface area (Å²) in [6, 6.07) is 25.7. The number of alkyl halides is 8. The molecule has 0 radical (unpaired) electrons. The molecule has 6 aromatic heterocycles. The summed E-state index contributed by atoms with van der Waals surface area (Å²) in [5.74, 6) is -1.04. The highest BCUT2D eigenvalue weighted by molar-refractivity contribution is 6.32. The molecule has 0 bridgehead atoms. The third-order valence-electron chi connectivity index (χ3n) is 12.9. The van der Waals surface area contributed by atoms with E-state index in [1.807, 2.05) is 60.6 Å². The predicted octanol–water partition coefficient (Wildman–Crippen LogP) is 14.9. The molecule has 3 amide bonds. The number of hydrogen-bond donors (Lipinski definition) is 4. The summed E-state index contributed by atoms with van der Waals surface area (Å²) in [7, 11) is 0. The molecule has 6 heterocycles. The molecule has 9 aromatic rings. The van der Waals surface area contributed by atoms with Crippen LogP contribution in [0.3, 0.4) is 0 Å². The van der Waals surface area contributed by atoms with Crippen LogP contribution >= 0.6 is 11.6 Å². The van der Waals surface area contributed by atoms with Crippen molar-refractivity contribution in [3.05, 3.63) is 125 Å². The van der Waals surface area contributed by atoms with Gasteiger partial charge in [0.2, 0.25) is 35.6 Å². The molecular weight excluding hydrogens is 1200 g/mol. The number of amides is 3. The third-order valence-corrected chi connectivity index (χ3v) is 13.2. The first kappa shape index (κ1) is 67.5. The highest BCUT2D eigenvalue weighted by Gasteiger charge is 2.34. The van der Waals surface area contributed by atoms with Crippen LogP contribution in [0.25, 0.3) is 50.6 Å². The minimum Gasteiger partial charge on any atom is -0.435 e. The molecule has 3 aromatic carbocycles. The Hall–Kier alpha value is -8.98. The van der Waals surface area contributed by atoms with Crippen LogP contribution in [0.15, 0.2) is 103 Å². The number of aliphatic hydroxyl groups is 1. The van der Waals surface area contributed by atoms with Crippen molar-refractivity contribution in [1.82, 2.24) is 43.6 Å². The molecule has 89 heavy (non-hydrogen) atoms. The lowest BCUT2D eigenvalue weighted by Gasteiger charge is -2.24. The largest absolute Gasteiger partial charge is 0.573 e. The number of aryl methyl sites for hydroxylation is 3. The zero-order valence-electron chi connectivity index (χ0n) is 50.3. The normalized spacial score (nSPS) is 12.1. The number of aromatic nitrogens is 9. The molecule has 19 nitrogen and oxygen atoms in total. The Morgan fingerprint density at radius 1 is 0.506 bits per heavy atom. The number of carbonyl (C=O) groups excluding carboxylic acids is 3. The first-order valence-electron chi connectivity index (χ1n) is 27.7. The number of carbonyl (C=O) groups is 3. The molecule has 28 heteroatoms. The average molecular weight is 1270 g/mol. The molecule has 0 aliphatic heterocycles. The van der Waals surface area contributed by atoms with E-state index in [4.69, 9.17) is 11.6 Å². The zero-order chi connectivity index (χ0) is 65.6. The standard InChI is InChI=1S/C21H23F3N4O3.C20H20ClF3N4O2.C20H22F2N4O2/c1-4-20(30,5-2)12-17(29)27-19-26-16-11-6-13(3)25-18(16)28(19)14-7-9-15(10-8-14)31-21(22,23)24;1-11-5-7-14-17(25-11)28(18(26-14)27-16(29)10-19(2,3)4)12-6-8-15(13(21)9-12)30-20(22,23)24;1-12-5-10-15-17(23-12)26(13-6-8-14(9-7-13)28-18(21)22)19(24-15)25-16(27)11-20(2,3)4/h6-11,30H,4-5,12H2,1-3H3,(H,26,27,29);5-9H,10H2,1-4H3,(H,26,27,29);5-10,18H,11H2,1-4H3,(H,24,25,27). The number of hydrogen-bond acceptors (Lipinski definition) is 13. The molecule has 0 unspecified atom stereocenters. The lowest BCUT2D eigenvalue weighted by atomic mass is 9.92. The maximum Gasteiger partial charge on any atom is 0.573 e. The lowest BCUT2D eigenvalue weighted by molar-refractivity contribution is -0.275. The van der Waals surface area contributed by atoms with Crippen LogP contribution in [0.2, 0.25) is 5.02 Å². The van der Waals surface area contributed by atoms with E-state index in [-0.39, 0.29) is 63.9 Å². The Labute approximate surface area is 510 Å². The summed E-state index contributed by atoms with van der Waals surface area (Å²) in [6.07, 6.45) is -8.38. The first-order chi connectivity index (χ1) is 41.5. The summed E-state index contributed by atoms with van der Waals surface area (Å²) < 4.78 is 117. The number of rotatable bonds is 16. The van der Waals surface area contributed by atoms with E-state index in [2.05, 4.69) is 60.1 Å². The van der Waals surface area contributed by atoms with Crippen molar-refractivity contribution in [2.45, 2.75) is 133 Å². The Morgan fingerprint density at radius 2 is 0.854 bits per heavy atom. The molecule has 4 N–H and O–H groups in total. The van der Waals surface area contributed by atoms with Crippen LogP contribution in [0.5, 0.6) is 17.2 Å². The van der Waals surface area contributed by atoms with Gasteiger partial charge in [0, 0.05) is 29.9 Å². The SMILES string of the molecule is CCC(O)(CC)CC(=O)Nc1nc2ccc(C)nc2n1-c1ccc(OC(F)(F)F)cc1.Cc1ccc2nc(NC(=O)CC(C)(C)C)n(-c3ccc(OC(F)(F)F)c(Cl)c3)c2n1.Cc1ccc2nc(NC(=O)CC(C)(C)C)n(-c3ccc(OC(F)F)cc3)c2n1. The van der Waals surface area contributed by atoms with Crippen molar-refractivity contribution in [2.24, 2.45) is 10.8 Å². The Kier molecular flexibility index (Phi) is 20.6. The van der Waals surface area contributed by atoms with Crippen LogP contribution < -0.4 is 30.2 Å². The first-order valence-corrected chi connectivity index (χ1v) is 28.0. The number of nitrogens with one attached hydrogen (secondary N) is 3. The van der Waals surface area contributed by atoms with E-state index < -0.39 is 36.6 Å². The number of imidazole rings is 3. The minimum absolute atomic E-state index is 0.0469. The number of fused-ring (bicyclic) bond motifs is 3. The number of halogens is 9. The van der Waals surface area contributed by atoms with Crippen LogP contribution in [-0.2, 0) is 14.4 Å². The molecule has 474 valence electrons. The monoisotopic (exact) mass is 1260 g/mol. The van der Waals surface area contributed by atoms with Crippen LogP contribution in [0, 0.1) is 31.6 Å². The van der Waals surface area contributed by atoms with Crippen molar-refractivity contribution in [3.8, 4) is 34.3 Å². The fourth-order valence-corrected chi connectivity index (χ4v) is 9.03. The summed E-state index contributed by atoms with van der Waals surface area (Å²) in [5, 5.41) is 18.5. The second-order valence-electron chi connectivity index (χ2n) is 23.0. The molecule has 0 atom stereocenters. The van der Waals surface area contributed by atoms with Gasteiger partial charge < -0.3 is 19.3 Å². The number of anilines is 3. The molecule has 0 fully saturated rings. The van der Waals surface area contributed by atoms with Crippen LogP contribution in [0.1, 0.15) is 105 Å². The van der Waals surface area contributed by atoms with Gasteiger partial charge in [-0.3, -0.25) is 44.0 Å². The molecular formula is C61H65ClF8N12O7. The lowest BCUT2D eigenvalue weighted by Crippen LogP contribution is -2.33. The smallest absolute Gasteiger partial charge is 0.435 e. The third kappa shape index (κ3) is 18.8. The van der Waals surface area contributed by atoms with Crippen molar-refractivity contribution in [3.63, 3.8) is 0 Å². The quantitative estimate of drug-likeness (QED) is 0.0661. The van der Waals surface area contributed by atoms with Gasteiger partial charge in [-0.15, -0.1) is 26.3 Å². The van der Waals surface area contributed by atoms with Crippen molar-refractivity contribution >= 4 is 80.7 Å². The molecule has 0 aliphatic rings. The van der Waals surface area contributed by atoms with Gasteiger partial charge in [-0.2, -0.15) is 8.78 Å². The van der Waals surface area contributed by atoms with Crippen molar-refractivity contribution < 1.29 is 68.8 Å². The second kappa shape index (κ2) is 27.2. The van der Waals surface area contributed by atoms with E-state index in [1.54, 1.807) is 68.7 Å². The maximum atomic E-state index is 12.6. The summed E-state index contributed by atoms with van der Waals surface area (Å²) in [5.41, 5.74) is 5.14. The number of nitrogens with zero attached hydrogens (tertiary/aromatic N) is 9. The topological polar surface area (TPSA) is 227 Å². The van der Waals surface area contributed by atoms with Crippen molar-refractivity contribution in [1.29, 1.82) is 0 Å². The second-order valence-corrected chi connectivity index (χ2v) is 23.4. The van der Waals surface area contributed by atoms with E-state index in [9.17, 15) is 54.6 Å². The number of pyridine rings is 3. The van der Waals surface area contributed by atoms with Gasteiger partial charge in [0.25, 0.3) is 0 Å². The fraction of sp³-hybridized carbons (Fsp3) is 0.361. The molecule has 0 saturated heterocycles. The fourth-order valence-electron chi connectivity index (χ4n) is 8.82. The van der Waals surface area contributed by atoms with Crippen molar-refractivity contribution in [2.75, 3.05) is 16.0 Å². The molecule has 0 spiro atoms. The zero-order valence-corrected chi connectivity index (χ0v) is 51.0. The van der Waals surface area contributed by atoms with E-state index in [1.165, 1.54) is 57.7 Å². The number of benzene rings is 3. The molecule has 0 aliphatic carbocycles. The predicted molar refractivity (Wildman–Crippen MR) is 320 cm³/mol. The average Bonchev–Trinajstić information content (AvgIpc) is 1.68. The highest BCUT2D eigenvalue weighted by atomic mass is 35.5. The Morgan fingerprint density at radius 3 is 1.19 bits per heavy atom. The van der Waals surface area contributed by atoms with Crippen LogP contribution in [0.4, 0.5) is 53.0 Å². The molecule has 0 saturated carbocycles.